The minimum absolute atomic E-state index is 0.0404. The Balaban J connectivity index is 2.89. The Morgan fingerprint density at radius 1 is 1.65 bits per heavy atom. The molecule has 3 N–H and O–H groups in total. The molecule has 106 valence electrons. The summed E-state index contributed by atoms with van der Waals surface area (Å²) >= 11 is 1.56. The van der Waals surface area contributed by atoms with Crippen LogP contribution in [0.15, 0.2) is 18.2 Å². The molecule has 7 nitrogen and oxygen atoms in total. The summed E-state index contributed by atoms with van der Waals surface area (Å²) in [5.74, 6) is 0.246. The minimum atomic E-state index is -0.724. The van der Waals surface area contributed by atoms with Crippen molar-refractivity contribution in [3.63, 3.8) is 0 Å². The number of carbonyl (C=O) groups is 1. The average Bonchev–Trinajstić information content (AvgIpc) is 2.44. The van der Waals surface area contributed by atoms with E-state index in [-0.39, 0.29) is 16.9 Å². The zero-order chi connectivity index (χ0) is 15.1. The van der Waals surface area contributed by atoms with Crippen LogP contribution in [0.2, 0.25) is 0 Å². The SMILES string of the molecule is CSCC[C@H](N)C(=O)Nc1ccc(C#N)cc1[N+](=O)[O-]. The van der Waals surface area contributed by atoms with Crippen molar-refractivity contribution < 1.29 is 9.72 Å². The lowest BCUT2D eigenvalue weighted by atomic mass is 10.1. The maximum atomic E-state index is 11.8. The Kier molecular flexibility index (Phi) is 5.96. The fraction of sp³-hybridized carbons (Fsp3) is 0.333. The number of nitrogens with zero attached hydrogens (tertiary/aromatic N) is 2. The molecular weight excluding hydrogens is 280 g/mol. The summed E-state index contributed by atoms with van der Waals surface area (Å²) in [6.07, 6.45) is 2.38. The number of rotatable bonds is 6. The third-order valence-corrected chi connectivity index (χ3v) is 3.20. The number of carbonyl (C=O) groups excluding carboxylic acids is 1. The molecule has 1 rings (SSSR count). The van der Waals surface area contributed by atoms with Crippen molar-refractivity contribution in [1.29, 1.82) is 5.26 Å². The Hall–Kier alpha value is -2.11. The Bertz CT molecular complexity index is 556. The van der Waals surface area contributed by atoms with Gasteiger partial charge in [0.25, 0.3) is 5.69 Å². The standard InChI is InChI=1S/C12H14N4O3S/c1-20-5-4-9(14)12(17)15-10-3-2-8(7-13)6-11(10)16(18)19/h2-3,6,9H,4-5,14H2,1H3,(H,15,17)/t9-/m0/s1. The number of nitriles is 1. The lowest BCUT2D eigenvalue weighted by molar-refractivity contribution is -0.383. The second-order valence-electron chi connectivity index (χ2n) is 3.98. The summed E-state index contributed by atoms with van der Waals surface area (Å²) in [7, 11) is 0. The zero-order valence-electron chi connectivity index (χ0n) is 10.8. The second-order valence-corrected chi connectivity index (χ2v) is 4.96. The third kappa shape index (κ3) is 4.22. The van der Waals surface area contributed by atoms with E-state index in [4.69, 9.17) is 11.0 Å². The van der Waals surface area contributed by atoms with Crippen LogP contribution in [-0.4, -0.2) is 28.9 Å². The molecule has 0 aliphatic heterocycles. The molecule has 0 saturated heterocycles. The van der Waals surface area contributed by atoms with Gasteiger partial charge in [-0.2, -0.15) is 17.0 Å². The molecule has 1 amide bonds. The van der Waals surface area contributed by atoms with E-state index in [1.165, 1.54) is 12.1 Å². The molecule has 1 atom stereocenters. The Morgan fingerprint density at radius 3 is 2.90 bits per heavy atom. The lowest BCUT2D eigenvalue weighted by Gasteiger charge is -2.11. The highest BCUT2D eigenvalue weighted by Gasteiger charge is 2.19. The highest BCUT2D eigenvalue weighted by Crippen LogP contribution is 2.25. The molecule has 1 aromatic carbocycles. The van der Waals surface area contributed by atoms with Crippen LogP contribution in [0.4, 0.5) is 11.4 Å². The zero-order valence-corrected chi connectivity index (χ0v) is 11.6. The van der Waals surface area contributed by atoms with E-state index < -0.39 is 16.9 Å². The first-order valence-corrected chi connectivity index (χ1v) is 7.13. The molecule has 0 saturated carbocycles. The molecular formula is C12H14N4O3S. The Morgan fingerprint density at radius 2 is 2.35 bits per heavy atom. The molecule has 0 bridgehead atoms. The number of nitro benzene ring substituents is 1. The predicted molar refractivity (Wildman–Crippen MR) is 77.4 cm³/mol. The highest BCUT2D eigenvalue weighted by molar-refractivity contribution is 7.98. The highest BCUT2D eigenvalue weighted by atomic mass is 32.2. The van der Waals surface area contributed by atoms with Crippen LogP contribution in [0, 0.1) is 21.4 Å². The van der Waals surface area contributed by atoms with Crippen molar-refractivity contribution in [2.75, 3.05) is 17.3 Å². The molecule has 0 radical (unpaired) electrons. The minimum Gasteiger partial charge on any atom is -0.320 e. The normalized spacial score (nSPS) is 11.4. The van der Waals surface area contributed by atoms with Gasteiger partial charge in [-0.05, 0) is 30.6 Å². The molecule has 0 heterocycles. The van der Waals surface area contributed by atoms with Gasteiger partial charge in [0.05, 0.1) is 22.6 Å². The largest absolute Gasteiger partial charge is 0.320 e. The summed E-state index contributed by atoms with van der Waals surface area (Å²) < 4.78 is 0. The van der Waals surface area contributed by atoms with Gasteiger partial charge < -0.3 is 11.1 Å². The van der Waals surface area contributed by atoms with Gasteiger partial charge in [0, 0.05) is 6.07 Å². The Labute approximate surface area is 120 Å². The van der Waals surface area contributed by atoms with Crippen molar-refractivity contribution in [3.05, 3.63) is 33.9 Å². The molecule has 8 heteroatoms. The maximum Gasteiger partial charge on any atom is 0.294 e. The van der Waals surface area contributed by atoms with Gasteiger partial charge in [-0.15, -0.1) is 0 Å². The van der Waals surface area contributed by atoms with Gasteiger partial charge in [0.1, 0.15) is 5.69 Å². The van der Waals surface area contributed by atoms with Gasteiger partial charge in [-0.25, -0.2) is 0 Å². The topological polar surface area (TPSA) is 122 Å². The lowest BCUT2D eigenvalue weighted by Crippen LogP contribution is -2.36. The van der Waals surface area contributed by atoms with Gasteiger partial charge in [-0.1, -0.05) is 0 Å². The number of nitro groups is 1. The summed E-state index contributed by atoms with van der Waals surface area (Å²) in [4.78, 5) is 22.1. The summed E-state index contributed by atoms with van der Waals surface area (Å²) in [5, 5.41) is 22.1. The first-order valence-electron chi connectivity index (χ1n) is 5.73. The smallest absolute Gasteiger partial charge is 0.294 e. The molecule has 0 spiro atoms. The van der Waals surface area contributed by atoms with Crippen LogP contribution in [-0.2, 0) is 4.79 Å². The van der Waals surface area contributed by atoms with Gasteiger partial charge >= 0.3 is 0 Å². The summed E-state index contributed by atoms with van der Waals surface area (Å²) in [5.41, 5.74) is 5.56. The summed E-state index contributed by atoms with van der Waals surface area (Å²) in [6.45, 7) is 0. The van der Waals surface area contributed by atoms with Crippen molar-refractivity contribution in [3.8, 4) is 6.07 Å². The molecule has 1 aromatic rings. The molecule has 0 aromatic heterocycles. The first-order chi connectivity index (χ1) is 9.49. The molecule has 0 fully saturated rings. The number of benzene rings is 1. The van der Waals surface area contributed by atoms with Crippen LogP contribution in [0.1, 0.15) is 12.0 Å². The number of nitrogens with two attached hydrogens (primary N) is 1. The monoisotopic (exact) mass is 294 g/mol. The molecule has 0 aliphatic carbocycles. The fourth-order valence-electron chi connectivity index (χ4n) is 1.46. The van der Waals surface area contributed by atoms with Crippen molar-refractivity contribution >= 4 is 29.0 Å². The van der Waals surface area contributed by atoms with E-state index in [2.05, 4.69) is 5.32 Å². The van der Waals surface area contributed by atoms with Gasteiger partial charge in [-0.3, -0.25) is 14.9 Å². The number of thioether (sulfide) groups is 1. The van der Waals surface area contributed by atoms with Gasteiger partial charge in [0.15, 0.2) is 0 Å². The number of amides is 1. The number of hydrogen-bond donors (Lipinski definition) is 2. The van der Waals surface area contributed by atoms with Crippen LogP contribution in [0.25, 0.3) is 0 Å². The third-order valence-electron chi connectivity index (χ3n) is 2.55. The average molecular weight is 294 g/mol. The van der Waals surface area contributed by atoms with E-state index in [9.17, 15) is 14.9 Å². The molecule has 0 aliphatic rings. The van der Waals surface area contributed by atoms with Crippen LogP contribution in [0.5, 0.6) is 0 Å². The quantitative estimate of drug-likeness (QED) is 0.605. The number of hydrogen-bond acceptors (Lipinski definition) is 6. The maximum absolute atomic E-state index is 11.8. The summed E-state index contributed by atoms with van der Waals surface area (Å²) in [6, 6.07) is 4.93. The van der Waals surface area contributed by atoms with Crippen LogP contribution >= 0.6 is 11.8 Å². The van der Waals surface area contributed by atoms with Crippen LogP contribution < -0.4 is 11.1 Å². The van der Waals surface area contributed by atoms with E-state index in [1.54, 1.807) is 11.8 Å². The fourth-order valence-corrected chi connectivity index (χ4v) is 1.95. The second kappa shape index (κ2) is 7.47. The van der Waals surface area contributed by atoms with Gasteiger partial charge in [0.2, 0.25) is 5.91 Å². The van der Waals surface area contributed by atoms with Crippen molar-refractivity contribution in [2.24, 2.45) is 5.73 Å². The van der Waals surface area contributed by atoms with Crippen LogP contribution in [0.3, 0.4) is 0 Å². The van der Waals surface area contributed by atoms with E-state index in [0.717, 1.165) is 11.8 Å². The molecule has 0 unspecified atom stereocenters. The number of anilines is 1. The number of nitrogens with one attached hydrogen (secondary N) is 1. The molecule has 20 heavy (non-hydrogen) atoms. The van der Waals surface area contributed by atoms with E-state index in [1.807, 2.05) is 12.3 Å². The van der Waals surface area contributed by atoms with Crippen molar-refractivity contribution in [2.45, 2.75) is 12.5 Å². The predicted octanol–water partition coefficient (Wildman–Crippen LogP) is 1.49. The van der Waals surface area contributed by atoms with E-state index >= 15 is 0 Å². The first kappa shape index (κ1) is 15.9. The van der Waals surface area contributed by atoms with E-state index in [0.29, 0.717) is 6.42 Å². The van der Waals surface area contributed by atoms with Crippen molar-refractivity contribution in [1.82, 2.24) is 0 Å².